The second kappa shape index (κ2) is 8.29. The highest BCUT2D eigenvalue weighted by atomic mass is 32.2. The molecular formula is C22H18FN3O4S. The Balaban J connectivity index is 1.42. The summed E-state index contributed by atoms with van der Waals surface area (Å²) in [5, 5.41) is 2.65. The maximum Gasteiger partial charge on any atom is 0.243 e. The van der Waals surface area contributed by atoms with Crippen molar-refractivity contribution < 1.29 is 22.0 Å². The SMILES string of the molecule is CN(CC(=O)Nc1ccc(-c2nc3ccccc3o2)cc1)S(=O)(=O)c1ccc(F)cc1. The second-order valence-corrected chi connectivity index (χ2v) is 8.87. The van der Waals surface area contributed by atoms with E-state index in [1.165, 1.54) is 7.05 Å². The van der Waals surface area contributed by atoms with Gasteiger partial charge in [0.25, 0.3) is 0 Å². The molecule has 0 atom stereocenters. The molecule has 0 bridgehead atoms. The monoisotopic (exact) mass is 439 g/mol. The smallest absolute Gasteiger partial charge is 0.243 e. The van der Waals surface area contributed by atoms with Crippen LogP contribution < -0.4 is 5.32 Å². The quantitative estimate of drug-likeness (QED) is 0.492. The molecule has 4 aromatic rings. The van der Waals surface area contributed by atoms with Crippen LogP contribution in [-0.4, -0.2) is 37.2 Å². The molecule has 0 unspecified atom stereocenters. The summed E-state index contributed by atoms with van der Waals surface area (Å²) in [6, 6.07) is 18.7. The van der Waals surface area contributed by atoms with Crippen LogP contribution in [0.1, 0.15) is 0 Å². The van der Waals surface area contributed by atoms with Gasteiger partial charge >= 0.3 is 0 Å². The number of hydrogen-bond donors (Lipinski definition) is 1. The number of anilines is 1. The summed E-state index contributed by atoms with van der Waals surface area (Å²) in [6.45, 7) is -0.396. The van der Waals surface area contributed by atoms with Crippen molar-refractivity contribution in [2.24, 2.45) is 0 Å². The molecule has 1 N–H and O–H groups in total. The van der Waals surface area contributed by atoms with Crippen molar-refractivity contribution in [2.75, 3.05) is 18.9 Å². The number of nitrogens with one attached hydrogen (secondary N) is 1. The molecule has 0 aliphatic rings. The number of hydrogen-bond acceptors (Lipinski definition) is 5. The average Bonchev–Trinajstić information content (AvgIpc) is 3.18. The van der Waals surface area contributed by atoms with Gasteiger partial charge in [-0.2, -0.15) is 4.31 Å². The van der Waals surface area contributed by atoms with Crippen LogP contribution in [0.3, 0.4) is 0 Å². The fourth-order valence-corrected chi connectivity index (χ4v) is 4.09. The highest BCUT2D eigenvalue weighted by Gasteiger charge is 2.23. The number of sulfonamides is 1. The first-order valence-electron chi connectivity index (χ1n) is 9.31. The lowest BCUT2D eigenvalue weighted by atomic mass is 10.2. The Labute approximate surface area is 178 Å². The molecule has 1 heterocycles. The van der Waals surface area contributed by atoms with Crippen molar-refractivity contribution in [2.45, 2.75) is 4.90 Å². The minimum atomic E-state index is -3.91. The van der Waals surface area contributed by atoms with Crippen molar-refractivity contribution >= 4 is 32.7 Å². The Morgan fingerprint density at radius 1 is 1.03 bits per heavy atom. The lowest BCUT2D eigenvalue weighted by Gasteiger charge is -2.17. The summed E-state index contributed by atoms with van der Waals surface area (Å²) >= 11 is 0. The summed E-state index contributed by atoms with van der Waals surface area (Å²) in [5.41, 5.74) is 2.67. The van der Waals surface area contributed by atoms with Gasteiger partial charge in [-0.05, 0) is 60.7 Å². The summed E-state index contributed by atoms with van der Waals surface area (Å²) in [6.07, 6.45) is 0. The Bertz CT molecular complexity index is 1300. The Morgan fingerprint density at radius 3 is 2.39 bits per heavy atom. The number of carbonyl (C=O) groups is 1. The van der Waals surface area contributed by atoms with E-state index < -0.39 is 28.3 Å². The van der Waals surface area contributed by atoms with Crippen molar-refractivity contribution in [3.8, 4) is 11.5 Å². The third-order valence-corrected chi connectivity index (χ3v) is 6.42. The molecule has 9 heteroatoms. The van der Waals surface area contributed by atoms with Gasteiger partial charge in [-0.3, -0.25) is 4.79 Å². The van der Waals surface area contributed by atoms with Crippen LogP contribution in [0.4, 0.5) is 10.1 Å². The summed E-state index contributed by atoms with van der Waals surface area (Å²) in [4.78, 5) is 16.7. The Kier molecular flexibility index (Phi) is 5.53. The van der Waals surface area contributed by atoms with Crippen LogP contribution in [0.5, 0.6) is 0 Å². The van der Waals surface area contributed by atoms with E-state index >= 15 is 0 Å². The molecule has 1 aromatic heterocycles. The maximum atomic E-state index is 13.0. The molecule has 0 aliphatic carbocycles. The van der Waals surface area contributed by atoms with Gasteiger partial charge in [0.1, 0.15) is 11.3 Å². The first kappa shape index (κ1) is 20.7. The maximum absolute atomic E-state index is 13.0. The molecule has 0 saturated heterocycles. The van der Waals surface area contributed by atoms with Gasteiger partial charge in [0, 0.05) is 18.3 Å². The molecular weight excluding hydrogens is 421 g/mol. The van der Waals surface area contributed by atoms with Gasteiger partial charge < -0.3 is 9.73 Å². The van der Waals surface area contributed by atoms with E-state index in [2.05, 4.69) is 10.3 Å². The first-order chi connectivity index (χ1) is 14.8. The largest absolute Gasteiger partial charge is 0.436 e. The topological polar surface area (TPSA) is 92.5 Å². The first-order valence-corrected chi connectivity index (χ1v) is 10.7. The number of oxazole rings is 1. The van der Waals surface area contributed by atoms with Crippen LogP contribution in [0.15, 0.2) is 82.1 Å². The van der Waals surface area contributed by atoms with E-state index in [1.54, 1.807) is 24.3 Å². The van der Waals surface area contributed by atoms with E-state index in [4.69, 9.17) is 4.42 Å². The number of benzene rings is 3. The molecule has 7 nitrogen and oxygen atoms in total. The number of nitrogens with zero attached hydrogens (tertiary/aromatic N) is 2. The predicted molar refractivity (Wildman–Crippen MR) is 114 cm³/mol. The van der Waals surface area contributed by atoms with Crippen molar-refractivity contribution in [3.63, 3.8) is 0 Å². The number of halogens is 1. The van der Waals surface area contributed by atoms with Crippen molar-refractivity contribution in [3.05, 3.63) is 78.6 Å². The molecule has 0 saturated carbocycles. The summed E-state index contributed by atoms with van der Waals surface area (Å²) < 4.78 is 44.7. The van der Waals surface area contributed by atoms with Gasteiger partial charge in [-0.25, -0.2) is 17.8 Å². The number of carbonyl (C=O) groups excluding carboxylic acids is 1. The predicted octanol–water partition coefficient (Wildman–Crippen LogP) is 3.89. The minimum absolute atomic E-state index is 0.0908. The Morgan fingerprint density at radius 2 is 1.71 bits per heavy atom. The van der Waals surface area contributed by atoms with Crippen LogP contribution in [-0.2, 0) is 14.8 Å². The molecule has 0 radical (unpaired) electrons. The van der Waals surface area contributed by atoms with E-state index in [1.807, 2.05) is 24.3 Å². The molecule has 158 valence electrons. The van der Waals surface area contributed by atoms with Gasteiger partial charge in [-0.1, -0.05) is 12.1 Å². The standard InChI is InChI=1S/C22H18FN3O4S/c1-26(31(28,29)18-12-8-16(23)9-13-18)14-21(27)24-17-10-6-15(7-11-17)22-25-19-4-2-3-5-20(19)30-22/h2-13H,14H2,1H3,(H,24,27). The molecule has 1 amide bonds. The normalized spacial score (nSPS) is 11.7. The van der Waals surface area contributed by atoms with E-state index in [9.17, 15) is 17.6 Å². The van der Waals surface area contributed by atoms with Gasteiger partial charge in [0.05, 0.1) is 11.4 Å². The van der Waals surface area contributed by atoms with E-state index in [-0.39, 0.29) is 4.90 Å². The highest BCUT2D eigenvalue weighted by molar-refractivity contribution is 7.89. The molecule has 31 heavy (non-hydrogen) atoms. The van der Waals surface area contributed by atoms with Crippen LogP contribution >= 0.6 is 0 Å². The molecule has 0 fully saturated rings. The van der Waals surface area contributed by atoms with E-state index in [0.717, 1.165) is 39.7 Å². The molecule has 0 spiro atoms. The number of amides is 1. The zero-order valence-corrected chi connectivity index (χ0v) is 17.3. The number of rotatable bonds is 6. The summed E-state index contributed by atoms with van der Waals surface area (Å²) in [7, 11) is -2.63. The number of likely N-dealkylation sites (N-methyl/N-ethyl adjacent to an activating group) is 1. The van der Waals surface area contributed by atoms with Crippen LogP contribution in [0.2, 0.25) is 0 Å². The zero-order valence-electron chi connectivity index (χ0n) is 16.4. The fraction of sp³-hybridized carbons (Fsp3) is 0.0909. The highest BCUT2D eigenvalue weighted by Crippen LogP contribution is 2.25. The minimum Gasteiger partial charge on any atom is -0.436 e. The zero-order chi connectivity index (χ0) is 22.0. The van der Waals surface area contributed by atoms with Crippen LogP contribution in [0, 0.1) is 5.82 Å². The third kappa shape index (κ3) is 4.47. The number of aromatic nitrogens is 1. The van der Waals surface area contributed by atoms with Crippen molar-refractivity contribution in [1.29, 1.82) is 0 Å². The molecule has 3 aromatic carbocycles. The van der Waals surface area contributed by atoms with Gasteiger partial charge in [0.2, 0.25) is 21.8 Å². The number of para-hydroxylation sites is 2. The molecule has 0 aliphatic heterocycles. The van der Waals surface area contributed by atoms with E-state index in [0.29, 0.717) is 17.2 Å². The van der Waals surface area contributed by atoms with Crippen LogP contribution in [0.25, 0.3) is 22.6 Å². The Hall–Kier alpha value is -3.56. The summed E-state index contributed by atoms with van der Waals surface area (Å²) in [5.74, 6) is -0.590. The third-order valence-electron chi connectivity index (χ3n) is 4.60. The lowest BCUT2D eigenvalue weighted by Crippen LogP contribution is -2.34. The second-order valence-electron chi connectivity index (χ2n) is 6.83. The molecule has 4 rings (SSSR count). The van der Waals surface area contributed by atoms with Gasteiger partial charge in [0.15, 0.2) is 5.58 Å². The fourth-order valence-electron chi connectivity index (χ4n) is 2.97. The van der Waals surface area contributed by atoms with Gasteiger partial charge in [-0.15, -0.1) is 0 Å². The average molecular weight is 439 g/mol. The van der Waals surface area contributed by atoms with Crippen molar-refractivity contribution in [1.82, 2.24) is 9.29 Å². The lowest BCUT2D eigenvalue weighted by molar-refractivity contribution is -0.116. The number of fused-ring (bicyclic) bond motifs is 1.